The maximum Gasteiger partial charge on any atom is 0.283 e. The van der Waals surface area contributed by atoms with Crippen LogP contribution in [0.4, 0.5) is 4.39 Å². The third-order valence-electron chi connectivity index (χ3n) is 5.71. The topological polar surface area (TPSA) is 90.0 Å². The molecule has 2 aromatic carbocycles. The summed E-state index contributed by atoms with van der Waals surface area (Å²) in [4.78, 5) is 8.93. The predicted octanol–water partition coefficient (Wildman–Crippen LogP) is 4.08. The van der Waals surface area contributed by atoms with E-state index in [0.29, 0.717) is 22.4 Å². The number of hydrogen-bond acceptors (Lipinski definition) is 6. The highest BCUT2D eigenvalue weighted by atomic mass is 19.1. The van der Waals surface area contributed by atoms with Gasteiger partial charge < -0.3 is 20.3 Å². The molecular weight excluding hydrogens is 445 g/mol. The predicted molar refractivity (Wildman–Crippen MR) is 130 cm³/mol. The molecule has 3 N–H and O–H groups in total. The van der Waals surface area contributed by atoms with Gasteiger partial charge in [-0.2, -0.15) is 0 Å². The normalized spacial score (nSPS) is 17.6. The first-order chi connectivity index (χ1) is 16.7. The second kappa shape index (κ2) is 8.16. The number of fused-ring (bicyclic) bond motifs is 4. The second-order valence-corrected chi connectivity index (χ2v) is 8.89. The fourth-order valence-electron chi connectivity index (χ4n) is 4.20. The van der Waals surface area contributed by atoms with E-state index in [2.05, 4.69) is 33.7 Å². The monoisotopic (exact) mass is 467 g/mol. The van der Waals surface area contributed by atoms with Crippen molar-refractivity contribution in [3.8, 4) is 46.3 Å². The summed E-state index contributed by atoms with van der Waals surface area (Å²) in [5, 5.41) is 9.98. The largest absolute Gasteiger partial charge is 0.462 e. The number of ether oxygens (including phenoxy) is 2. The number of hydrogen-bond donors (Lipinski definition) is 2. The molecule has 0 bridgehead atoms. The first kappa shape index (κ1) is 22.5. The molecular formula is C28H22FN3O3. The SMILES string of the molecule is CC#Cc1cncc(-c2ccc3c(c2)[C@@]2(COC(N)=N2)c2cc(C#CC(C)(C)O)cc(F)c2O3)c1. The minimum Gasteiger partial charge on any atom is -0.462 e. The van der Waals surface area contributed by atoms with E-state index in [9.17, 15) is 5.11 Å². The van der Waals surface area contributed by atoms with Crippen molar-refractivity contribution < 1.29 is 19.0 Å². The summed E-state index contributed by atoms with van der Waals surface area (Å²) in [6.07, 6.45) is 3.45. The Kier molecular flexibility index (Phi) is 5.24. The van der Waals surface area contributed by atoms with Gasteiger partial charge in [-0.3, -0.25) is 4.98 Å². The van der Waals surface area contributed by atoms with Gasteiger partial charge in [0.05, 0.1) is 0 Å². The third-order valence-corrected chi connectivity index (χ3v) is 5.71. The lowest BCUT2D eigenvalue weighted by molar-refractivity contribution is 0.143. The molecule has 5 rings (SSSR count). The first-order valence-electron chi connectivity index (χ1n) is 11.0. The van der Waals surface area contributed by atoms with Crippen LogP contribution in [0.1, 0.15) is 43.0 Å². The first-order valence-corrected chi connectivity index (χ1v) is 11.0. The summed E-state index contributed by atoms with van der Waals surface area (Å²) < 4.78 is 26.8. The molecule has 1 atom stereocenters. The number of benzene rings is 2. The number of aromatic nitrogens is 1. The van der Waals surface area contributed by atoms with Crippen molar-refractivity contribution in [1.29, 1.82) is 0 Å². The highest BCUT2D eigenvalue weighted by Gasteiger charge is 2.48. The fraction of sp³-hybridized carbons (Fsp3) is 0.214. The molecule has 2 aliphatic heterocycles. The van der Waals surface area contributed by atoms with Crippen LogP contribution in [0.5, 0.6) is 11.5 Å². The molecule has 0 aliphatic carbocycles. The molecule has 6 nitrogen and oxygen atoms in total. The van der Waals surface area contributed by atoms with Crippen LogP contribution in [0, 0.1) is 29.5 Å². The molecule has 2 aliphatic rings. The number of halogens is 1. The van der Waals surface area contributed by atoms with Gasteiger partial charge in [-0.1, -0.05) is 23.8 Å². The maximum absolute atomic E-state index is 15.2. The van der Waals surface area contributed by atoms with Gasteiger partial charge in [0.15, 0.2) is 17.1 Å². The van der Waals surface area contributed by atoms with E-state index in [1.54, 1.807) is 45.3 Å². The lowest BCUT2D eigenvalue weighted by Crippen LogP contribution is -2.31. The van der Waals surface area contributed by atoms with Crippen LogP contribution in [-0.4, -0.2) is 28.3 Å². The fourth-order valence-corrected chi connectivity index (χ4v) is 4.20. The van der Waals surface area contributed by atoms with Gasteiger partial charge in [0.25, 0.3) is 6.02 Å². The number of nitrogens with two attached hydrogens (primary N) is 1. The molecule has 0 radical (unpaired) electrons. The highest BCUT2D eigenvalue weighted by Crippen LogP contribution is 2.52. The van der Waals surface area contributed by atoms with E-state index in [-0.39, 0.29) is 18.4 Å². The summed E-state index contributed by atoms with van der Waals surface area (Å²) in [6, 6.07) is 10.5. The Balaban J connectivity index is 1.70. The molecule has 0 saturated heterocycles. The third kappa shape index (κ3) is 4.07. The van der Waals surface area contributed by atoms with Crippen LogP contribution < -0.4 is 10.5 Å². The van der Waals surface area contributed by atoms with Crippen molar-refractivity contribution in [3.05, 3.63) is 76.9 Å². The van der Waals surface area contributed by atoms with Crippen molar-refractivity contribution in [2.75, 3.05) is 6.61 Å². The molecule has 0 amide bonds. The summed E-state index contributed by atoms with van der Waals surface area (Å²) in [6.45, 7) is 4.96. The number of amidine groups is 1. The molecule has 3 heterocycles. The molecule has 0 unspecified atom stereocenters. The Morgan fingerprint density at radius 2 is 1.89 bits per heavy atom. The van der Waals surface area contributed by atoms with E-state index >= 15 is 4.39 Å². The van der Waals surface area contributed by atoms with E-state index in [1.807, 2.05) is 18.2 Å². The van der Waals surface area contributed by atoms with Crippen molar-refractivity contribution in [2.24, 2.45) is 10.7 Å². The Bertz CT molecular complexity index is 1520. The Morgan fingerprint density at radius 3 is 2.60 bits per heavy atom. The highest BCUT2D eigenvalue weighted by molar-refractivity contribution is 5.78. The molecule has 0 saturated carbocycles. The summed E-state index contributed by atoms with van der Waals surface area (Å²) in [5.41, 5.74) is 7.63. The smallest absolute Gasteiger partial charge is 0.283 e. The molecule has 1 spiro atoms. The van der Waals surface area contributed by atoms with Crippen LogP contribution >= 0.6 is 0 Å². The number of pyridine rings is 1. The summed E-state index contributed by atoms with van der Waals surface area (Å²) >= 11 is 0. The Labute approximate surface area is 202 Å². The zero-order valence-electron chi connectivity index (χ0n) is 19.4. The van der Waals surface area contributed by atoms with Gasteiger partial charge in [0.2, 0.25) is 0 Å². The van der Waals surface area contributed by atoms with Gasteiger partial charge in [0, 0.05) is 40.2 Å². The summed E-state index contributed by atoms with van der Waals surface area (Å²) in [7, 11) is 0. The summed E-state index contributed by atoms with van der Waals surface area (Å²) in [5.74, 6) is 11.3. The molecule has 1 aromatic heterocycles. The van der Waals surface area contributed by atoms with Gasteiger partial charge in [-0.15, -0.1) is 5.92 Å². The van der Waals surface area contributed by atoms with Gasteiger partial charge in [0.1, 0.15) is 18.0 Å². The van der Waals surface area contributed by atoms with Crippen molar-refractivity contribution in [2.45, 2.75) is 31.9 Å². The van der Waals surface area contributed by atoms with Crippen LogP contribution in [-0.2, 0) is 10.3 Å². The minimum absolute atomic E-state index is 0.00414. The van der Waals surface area contributed by atoms with Crippen LogP contribution in [0.3, 0.4) is 0 Å². The number of aliphatic imine (C=N–C) groups is 1. The second-order valence-electron chi connectivity index (χ2n) is 8.89. The quantitative estimate of drug-likeness (QED) is 0.527. The van der Waals surface area contributed by atoms with E-state index in [4.69, 9.17) is 15.2 Å². The molecule has 35 heavy (non-hydrogen) atoms. The van der Waals surface area contributed by atoms with Crippen molar-refractivity contribution >= 4 is 6.02 Å². The van der Waals surface area contributed by atoms with Gasteiger partial charge >= 0.3 is 0 Å². The van der Waals surface area contributed by atoms with Gasteiger partial charge in [-0.25, -0.2) is 9.38 Å². The van der Waals surface area contributed by atoms with Crippen molar-refractivity contribution in [3.63, 3.8) is 0 Å². The van der Waals surface area contributed by atoms with Crippen LogP contribution in [0.2, 0.25) is 0 Å². The standard InChI is InChI=1S/C28H22FN3O3/c1-4-5-18-10-20(15-31-14-18)19-6-7-24-21(13-19)28(16-34-26(30)32-28)22-11-17(8-9-27(2,3)33)12-23(29)25(22)35-24/h6-7,10-15,33H,16H2,1-3H3,(H2,30,32)/t28-/m0/s1. The number of nitrogens with zero attached hydrogens (tertiary/aromatic N) is 2. The minimum atomic E-state index is -1.23. The zero-order valence-corrected chi connectivity index (χ0v) is 19.4. The average Bonchev–Trinajstić information content (AvgIpc) is 3.21. The maximum atomic E-state index is 15.2. The lowest BCUT2D eigenvalue weighted by Gasteiger charge is -2.34. The molecule has 174 valence electrons. The van der Waals surface area contributed by atoms with Crippen LogP contribution in [0.25, 0.3) is 11.1 Å². The molecule has 7 heteroatoms. The Hall–Kier alpha value is -4.33. The zero-order chi connectivity index (χ0) is 24.8. The average molecular weight is 468 g/mol. The van der Waals surface area contributed by atoms with Crippen LogP contribution in [0.15, 0.2) is 53.8 Å². The van der Waals surface area contributed by atoms with E-state index < -0.39 is 17.0 Å². The molecule has 0 fully saturated rings. The van der Waals surface area contributed by atoms with E-state index in [0.717, 1.165) is 16.7 Å². The van der Waals surface area contributed by atoms with Gasteiger partial charge in [-0.05, 0) is 56.7 Å². The Morgan fingerprint density at radius 1 is 1.06 bits per heavy atom. The lowest BCUT2D eigenvalue weighted by atomic mass is 9.79. The molecule has 3 aromatic rings. The number of rotatable bonds is 1. The van der Waals surface area contributed by atoms with E-state index in [1.165, 1.54) is 6.07 Å². The number of aliphatic hydroxyl groups is 1. The van der Waals surface area contributed by atoms with Crippen molar-refractivity contribution in [1.82, 2.24) is 4.98 Å².